The number of carbonyl (C=O) groups excluding carboxylic acids is 2. The Labute approximate surface area is 141 Å². The van der Waals surface area contributed by atoms with E-state index in [-0.39, 0.29) is 30.3 Å². The zero-order chi connectivity index (χ0) is 16.8. The molecule has 1 unspecified atom stereocenters. The van der Waals surface area contributed by atoms with Gasteiger partial charge in [0.05, 0.1) is 12.0 Å². The third-order valence-electron chi connectivity index (χ3n) is 3.69. The van der Waals surface area contributed by atoms with Crippen molar-refractivity contribution in [2.24, 2.45) is 5.92 Å². The van der Waals surface area contributed by atoms with Crippen molar-refractivity contribution in [3.8, 4) is 0 Å². The van der Waals surface area contributed by atoms with Gasteiger partial charge in [-0.25, -0.2) is 0 Å². The molecule has 0 spiro atoms. The monoisotopic (exact) mass is 338 g/mol. The maximum atomic E-state index is 12.2. The van der Waals surface area contributed by atoms with E-state index < -0.39 is 0 Å². The first-order chi connectivity index (χ1) is 11.0. The van der Waals surface area contributed by atoms with Crippen LogP contribution in [0.25, 0.3) is 0 Å². The first kappa shape index (κ1) is 17.8. The number of ether oxygens (including phenoxy) is 1. The fraction of sp³-hybridized carbons (Fsp3) is 0.529. The molecule has 1 aliphatic rings. The maximum Gasteiger partial charge on any atom is 0.227 e. The van der Waals surface area contributed by atoms with E-state index >= 15 is 0 Å². The largest absolute Gasteiger partial charge is 0.379 e. The summed E-state index contributed by atoms with van der Waals surface area (Å²) in [6.07, 6.45) is 1.20. The summed E-state index contributed by atoms with van der Waals surface area (Å²) in [7, 11) is 0. The lowest BCUT2D eigenvalue weighted by atomic mass is 10.1. The van der Waals surface area contributed by atoms with Gasteiger partial charge in [0.2, 0.25) is 11.8 Å². The molecule has 1 aromatic carbocycles. The number of carbonyl (C=O) groups is 2. The molecule has 5 nitrogen and oxygen atoms in total. The van der Waals surface area contributed by atoms with Gasteiger partial charge in [-0.1, -0.05) is 17.7 Å². The molecule has 1 heterocycles. The Bertz CT molecular complexity index is 563. The number of hydrogen-bond donors (Lipinski definition) is 1. The number of nitrogens with zero attached hydrogens (tertiary/aromatic N) is 1. The average molecular weight is 339 g/mol. The van der Waals surface area contributed by atoms with E-state index in [1.54, 1.807) is 23.1 Å². The summed E-state index contributed by atoms with van der Waals surface area (Å²) in [5.74, 6) is -0.435. The Morgan fingerprint density at radius 2 is 2.26 bits per heavy atom. The molecule has 1 aromatic rings. The molecule has 2 rings (SSSR count). The number of hydrogen-bond acceptors (Lipinski definition) is 3. The van der Waals surface area contributed by atoms with Crippen molar-refractivity contribution in [3.63, 3.8) is 0 Å². The second-order valence-electron chi connectivity index (χ2n) is 5.95. The summed E-state index contributed by atoms with van der Waals surface area (Å²) >= 11 is 5.96. The van der Waals surface area contributed by atoms with Gasteiger partial charge in [-0.05, 0) is 38.5 Å². The molecule has 23 heavy (non-hydrogen) atoms. The van der Waals surface area contributed by atoms with Crippen LogP contribution in [0.2, 0.25) is 5.02 Å². The van der Waals surface area contributed by atoms with Crippen LogP contribution in [0, 0.1) is 5.92 Å². The lowest BCUT2D eigenvalue weighted by Crippen LogP contribution is -2.34. The normalized spacial score (nSPS) is 17.8. The Kier molecular flexibility index (Phi) is 6.42. The van der Waals surface area contributed by atoms with Gasteiger partial charge >= 0.3 is 0 Å². The van der Waals surface area contributed by atoms with Crippen molar-refractivity contribution in [1.82, 2.24) is 5.32 Å². The number of anilines is 1. The van der Waals surface area contributed by atoms with Crippen LogP contribution in [0.15, 0.2) is 24.3 Å². The minimum atomic E-state index is -0.313. The third kappa shape index (κ3) is 5.22. The van der Waals surface area contributed by atoms with Gasteiger partial charge in [-0.2, -0.15) is 0 Å². The van der Waals surface area contributed by atoms with Crippen LogP contribution >= 0.6 is 11.6 Å². The summed E-state index contributed by atoms with van der Waals surface area (Å²) in [6.45, 7) is 5.54. The lowest BCUT2D eigenvalue weighted by Gasteiger charge is -2.17. The summed E-state index contributed by atoms with van der Waals surface area (Å²) in [5, 5.41) is 3.46. The second-order valence-corrected chi connectivity index (χ2v) is 6.39. The Morgan fingerprint density at radius 1 is 1.48 bits per heavy atom. The summed E-state index contributed by atoms with van der Waals surface area (Å²) < 4.78 is 5.43. The van der Waals surface area contributed by atoms with Gasteiger partial charge in [0, 0.05) is 36.8 Å². The first-order valence-electron chi connectivity index (χ1n) is 7.92. The van der Waals surface area contributed by atoms with Gasteiger partial charge in [0.15, 0.2) is 0 Å². The SMILES string of the molecule is CC(C)OCCCNC(=O)C1CC(=O)N(c2cccc(Cl)c2)C1. The molecular weight excluding hydrogens is 316 g/mol. The van der Waals surface area contributed by atoms with Crippen molar-refractivity contribution in [3.05, 3.63) is 29.3 Å². The van der Waals surface area contributed by atoms with Crippen LogP contribution < -0.4 is 10.2 Å². The van der Waals surface area contributed by atoms with E-state index in [0.29, 0.717) is 24.7 Å². The van der Waals surface area contributed by atoms with Crippen LogP contribution in [0.1, 0.15) is 26.7 Å². The molecule has 0 radical (unpaired) electrons. The first-order valence-corrected chi connectivity index (χ1v) is 8.30. The molecule has 1 aliphatic heterocycles. The molecule has 0 aromatic heterocycles. The highest BCUT2D eigenvalue weighted by molar-refractivity contribution is 6.30. The molecular formula is C17H23ClN2O3. The van der Waals surface area contributed by atoms with Crippen LogP contribution in [0.4, 0.5) is 5.69 Å². The molecule has 126 valence electrons. The van der Waals surface area contributed by atoms with Crippen LogP contribution in [-0.2, 0) is 14.3 Å². The molecule has 0 saturated carbocycles. The van der Waals surface area contributed by atoms with Gasteiger partial charge in [0.1, 0.15) is 0 Å². The maximum absolute atomic E-state index is 12.2. The van der Waals surface area contributed by atoms with Crippen molar-refractivity contribution in [1.29, 1.82) is 0 Å². The molecule has 6 heteroatoms. The van der Waals surface area contributed by atoms with Gasteiger partial charge in [-0.3, -0.25) is 9.59 Å². The number of nitrogens with one attached hydrogen (secondary N) is 1. The molecule has 0 bridgehead atoms. The van der Waals surface area contributed by atoms with E-state index in [1.165, 1.54) is 0 Å². The Balaban J connectivity index is 1.81. The lowest BCUT2D eigenvalue weighted by molar-refractivity contribution is -0.126. The number of halogens is 1. The van der Waals surface area contributed by atoms with Crippen LogP contribution in [0.3, 0.4) is 0 Å². The fourth-order valence-corrected chi connectivity index (χ4v) is 2.71. The van der Waals surface area contributed by atoms with Crippen LogP contribution in [-0.4, -0.2) is 37.6 Å². The highest BCUT2D eigenvalue weighted by Gasteiger charge is 2.34. The molecule has 1 fully saturated rings. The highest BCUT2D eigenvalue weighted by Crippen LogP contribution is 2.27. The molecule has 1 saturated heterocycles. The van der Waals surface area contributed by atoms with E-state index in [4.69, 9.17) is 16.3 Å². The fourth-order valence-electron chi connectivity index (χ4n) is 2.52. The zero-order valence-electron chi connectivity index (χ0n) is 13.5. The molecule has 2 amide bonds. The van der Waals surface area contributed by atoms with Crippen molar-refractivity contribution < 1.29 is 14.3 Å². The molecule has 1 atom stereocenters. The van der Waals surface area contributed by atoms with Crippen LogP contribution in [0.5, 0.6) is 0 Å². The summed E-state index contributed by atoms with van der Waals surface area (Å²) in [4.78, 5) is 25.9. The number of rotatable bonds is 7. The van der Waals surface area contributed by atoms with Crippen molar-refractivity contribution >= 4 is 29.1 Å². The minimum Gasteiger partial charge on any atom is -0.379 e. The zero-order valence-corrected chi connectivity index (χ0v) is 14.3. The Morgan fingerprint density at radius 3 is 2.96 bits per heavy atom. The van der Waals surface area contributed by atoms with Gasteiger partial charge < -0.3 is 15.0 Å². The molecule has 0 aliphatic carbocycles. The summed E-state index contributed by atoms with van der Waals surface area (Å²) in [5.41, 5.74) is 0.739. The van der Waals surface area contributed by atoms with E-state index in [0.717, 1.165) is 12.1 Å². The van der Waals surface area contributed by atoms with Gasteiger partial charge in [0.25, 0.3) is 0 Å². The quantitative estimate of drug-likeness (QED) is 0.777. The van der Waals surface area contributed by atoms with E-state index in [9.17, 15) is 9.59 Å². The van der Waals surface area contributed by atoms with Crippen molar-refractivity contribution in [2.75, 3.05) is 24.6 Å². The average Bonchev–Trinajstić information content (AvgIpc) is 2.88. The highest BCUT2D eigenvalue weighted by atomic mass is 35.5. The smallest absolute Gasteiger partial charge is 0.227 e. The van der Waals surface area contributed by atoms with Gasteiger partial charge in [-0.15, -0.1) is 0 Å². The number of amides is 2. The topological polar surface area (TPSA) is 58.6 Å². The number of benzene rings is 1. The van der Waals surface area contributed by atoms with E-state index in [2.05, 4.69) is 5.32 Å². The Hall–Kier alpha value is -1.59. The molecule has 1 N–H and O–H groups in total. The summed E-state index contributed by atoms with van der Waals surface area (Å²) in [6, 6.07) is 7.12. The predicted molar refractivity (Wildman–Crippen MR) is 90.6 cm³/mol. The minimum absolute atomic E-state index is 0.0458. The second kappa shape index (κ2) is 8.31. The standard InChI is InChI=1S/C17H23ClN2O3/c1-12(2)23-8-4-7-19-17(22)13-9-16(21)20(11-13)15-6-3-5-14(18)10-15/h3,5-6,10,12-13H,4,7-9,11H2,1-2H3,(H,19,22). The predicted octanol–water partition coefficient (Wildman–Crippen LogP) is 2.62. The third-order valence-corrected chi connectivity index (χ3v) is 3.92. The van der Waals surface area contributed by atoms with Crippen molar-refractivity contribution in [2.45, 2.75) is 32.8 Å². The van der Waals surface area contributed by atoms with E-state index in [1.807, 2.05) is 19.9 Å².